The molecular weight excluding hydrogens is 350 g/mol. The molecule has 7 heteroatoms. The molecule has 3 aromatic rings. The van der Waals surface area contributed by atoms with E-state index in [4.69, 9.17) is 9.15 Å². The molecule has 0 atom stereocenters. The van der Waals surface area contributed by atoms with Gasteiger partial charge in [-0.05, 0) is 24.3 Å². The monoisotopic (exact) mass is 367 g/mol. The first-order chi connectivity index (χ1) is 13.0. The van der Waals surface area contributed by atoms with Gasteiger partial charge in [0, 0.05) is 35.2 Å². The third kappa shape index (κ3) is 4.72. The quantitative estimate of drug-likeness (QED) is 0.512. The number of amides is 1. The van der Waals surface area contributed by atoms with Crippen LogP contribution in [0.15, 0.2) is 63.8 Å². The Balaban J connectivity index is 1.54. The lowest BCUT2D eigenvalue weighted by atomic mass is 10.1. The van der Waals surface area contributed by atoms with Gasteiger partial charge in [-0.1, -0.05) is 18.2 Å². The summed E-state index contributed by atoms with van der Waals surface area (Å²) in [4.78, 5) is 35.4. The van der Waals surface area contributed by atoms with Crippen LogP contribution in [0.5, 0.6) is 5.75 Å². The predicted molar refractivity (Wildman–Crippen MR) is 97.3 cm³/mol. The van der Waals surface area contributed by atoms with Crippen LogP contribution in [-0.2, 0) is 16.1 Å². The second kappa shape index (κ2) is 8.18. The molecule has 0 spiro atoms. The molecular formula is C20H17NO6. The molecule has 0 saturated heterocycles. The fourth-order valence-electron chi connectivity index (χ4n) is 2.54. The van der Waals surface area contributed by atoms with Crippen molar-refractivity contribution in [1.82, 2.24) is 5.32 Å². The van der Waals surface area contributed by atoms with Gasteiger partial charge in [-0.3, -0.25) is 9.59 Å². The normalized spacial score (nSPS) is 10.5. The van der Waals surface area contributed by atoms with Gasteiger partial charge in [-0.2, -0.15) is 0 Å². The molecule has 0 aliphatic carbocycles. The number of carbonyl (C=O) groups is 2. The minimum absolute atomic E-state index is 0.00125. The maximum atomic E-state index is 11.9. The molecule has 1 amide bonds. The van der Waals surface area contributed by atoms with Crippen molar-refractivity contribution < 1.29 is 23.8 Å². The standard InChI is InChI=1S/C20H17NO6/c22-15-6-7-16-14(10-19(24)27-17(16)11-15)12-26-18(23)8-9-21-20(25)13-4-2-1-3-5-13/h1-7,10-11,22H,8-9,12H2,(H,21,25). The van der Waals surface area contributed by atoms with Gasteiger partial charge < -0.3 is 19.6 Å². The van der Waals surface area contributed by atoms with Crippen molar-refractivity contribution >= 4 is 22.8 Å². The Hall–Kier alpha value is -3.61. The Kier molecular flexibility index (Phi) is 5.51. The molecule has 0 radical (unpaired) electrons. The number of nitrogens with one attached hydrogen (secondary N) is 1. The number of hydrogen-bond acceptors (Lipinski definition) is 6. The number of rotatable bonds is 6. The van der Waals surface area contributed by atoms with Crippen LogP contribution in [0.1, 0.15) is 22.3 Å². The molecule has 2 aromatic carbocycles. The van der Waals surface area contributed by atoms with Crippen molar-refractivity contribution in [3.8, 4) is 5.75 Å². The second-order valence-electron chi connectivity index (χ2n) is 5.80. The zero-order valence-electron chi connectivity index (χ0n) is 14.3. The molecule has 7 nitrogen and oxygen atoms in total. The highest BCUT2D eigenvalue weighted by Gasteiger charge is 2.10. The van der Waals surface area contributed by atoms with E-state index in [-0.39, 0.29) is 36.8 Å². The number of phenols is 1. The SMILES string of the molecule is O=C(CCNC(=O)c1ccccc1)OCc1cc(=O)oc2cc(O)ccc12. The van der Waals surface area contributed by atoms with Gasteiger partial charge in [-0.15, -0.1) is 0 Å². The lowest BCUT2D eigenvalue weighted by molar-refractivity contribution is -0.144. The van der Waals surface area contributed by atoms with Crippen molar-refractivity contribution in [2.45, 2.75) is 13.0 Å². The summed E-state index contributed by atoms with van der Waals surface area (Å²) in [7, 11) is 0. The number of aromatic hydroxyl groups is 1. The van der Waals surface area contributed by atoms with E-state index in [2.05, 4.69) is 5.32 Å². The minimum Gasteiger partial charge on any atom is -0.508 e. The average molecular weight is 367 g/mol. The Bertz CT molecular complexity index is 1030. The molecule has 1 heterocycles. The summed E-state index contributed by atoms with van der Waals surface area (Å²) in [5, 5.41) is 12.7. The highest BCUT2D eigenvalue weighted by molar-refractivity contribution is 5.94. The molecule has 0 aliphatic rings. The van der Waals surface area contributed by atoms with E-state index in [1.165, 1.54) is 18.2 Å². The van der Waals surface area contributed by atoms with E-state index in [9.17, 15) is 19.5 Å². The summed E-state index contributed by atoms with van der Waals surface area (Å²) in [6.07, 6.45) is -0.00125. The summed E-state index contributed by atoms with van der Waals surface area (Å²) in [6.45, 7) is 0.0243. The summed E-state index contributed by atoms with van der Waals surface area (Å²) >= 11 is 0. The minimum atomic E-state index is -0.603. The van der Waals surface area contributed by atoms with E-state index < -0.39 is 11.6 Å². The van der Waals surface area contributed by atoms with Crippen molar-refractivity contribution in [2.24, 2.45) is 0 Å². The number of hydrogen-bond donors (Lipinski definition) is 2. The van der Waals surface area contributed by atoms with E-state index in [1.54, 1.807) is 30.3 Å². The Morgan fingerprint density at radius 1 is 1.07 bits per heavy atom. The van der Waals surface area contributed by atoms with E-state index in [0.717, 1.165) is 0 Å². The topological polar surface area (TPSA) is 106 Å². The van der Waals surface area contributed by atoms with Crippen molar-refractivity contribution in [3.63, 3.8) is 0 Å². The van der Waals surface area contributed by atoms with Gasteiger partial charge in [0.2, 0.25) is 0 Å². The molecule has 0 unspecified atom stereocenters. The van der Waals surface area contributed by atoms with Crippen LogP contribution in [0.2, 0.25) is 0 Å². The van der Waals surface area contributed by atoms with E-state index in [1.807, 2.05) is 6.07 Å². The number of fused-ring (bicyclic) bond motifs is 1. The number of ether oxygens (including phenoxy) is 1. The lowest BCUT2D eigenvalue weighted by Crippen LogP contribution is -2.26. The maximum Gasteiger partial charge on any atom is 0.336 e. The first-order valence-electron chi connectivity index (χ1n) is 8.27. The number of esters is 1. The summed E-state index contributed by atoms with van der Waals surface area (Å²) in [5.41, 5.74) is 0.595. The van der Waals surface area contributed by atoms with Crippen molar-refractivity contribution in [2.75, 3.05) is 6.54 Å². The Labute approximate surface area is 154 Å². The van der Waals surface area contributed by atoms with Crippen LogP contribution in [-0.4, -0.2) is 23.5 Å². The zero-order chi connectivity index (χ0) is 19.2. The zero-order valence-corrected chi connectivity index (χ0v) is 14.3. The van der Waals surface area contributed by atoms with E-state index in [0.29, 0.717) is 16.5 Å². The predicted octanol–water partition coefficient (Wildman–Crippen LogP) is 2.36. The van der Waals surface area contributed by atoms with Gasteiger partial charge in [0.15, 0.2) is 0 Å². The fraction of sp³-hybridized carbons (Fsp3) is 0.150. The van der Waals surface area contributed by atoms with E-state index >= 15 is 0 Å². The molecule has 0 bridgehead atoms. The molecule has 0 aliphatic heterocycles. The van der Waals surface area contributed by atoms with Gasteiger partial charge in [0.05, 0.1) is 6.42 Å². The van der Waals surface area contributed by atoms with Crippen molar-refractivity contribution in [3.05, 3.63) is 76.1 Å². The van der Waals surface area contributed by atoms with Crippen LogP contribution in [0.4, 0.5) is 0 Å². The molecule has 3 rings (SSSR count). The molecule has 138 valence electrons. The molecule has 0 saturated carbocycles. The summed E-state index contributed by atoms with van der Waals surface area (Å²) < 4.78 is 10.2. The molecule has 0 fully saturated rings. The van der Waals surface area contributed by atoms with Crippen LogP contribution in [0, 0.1) is 0 Å². The lowest BCUT2D eigenvalue weighted by Gasteiger charge is -2.08. The third-order valence-corrected chi connectivity index (χ3v) is 3.85. The third-order valence-electron chi connectivity index (χ3n) is 3.85. The first-order valence-corrected chi connectivity index (χ1v) is 8.27. The van der Waals surface area contributed by atoms with Gasteiger partial charge in [-0.25, -0.2) is 4.79 Å². The van der Waals surface area contributed by atoms with Gasteiger partial charge >= 0.3 is 11.6 Å². The molecule has 2 N–H and O–H groups in total. The number of carbonyl (C=O) groups excluding carboxylic acids is 2. The molecule has 27 heavy (non-hydrogen) atoms. The average Bonchev–Trinajstić information content (AvgIpc) is 2.66. The number of phenolic OH excluding ortho intramolecular Hbond substituents is 1. The smallest absolute Gasteiger partial charge is 0.336 e. The van der Waals surface area contributed by atoms with Crippen LogP contribution in [0.3, 0.4) is 0 Å². The molecule has 1 aromatic heterocycles. The highest BCUT2D eigenvalue weighted by atomic mass is 16.5. The fourth-order valence-corrected chi connectivity index (χ4v) is 2.54. The van der Waals surface area contributed by atoms with Gasteiger partial charge in [0.1, 0.15) is 17.9 Å². The Morgan fingerprint density at radius 2 is 1.85 bits per heavy atom. The van der Waals surface area contributed by atoms with Crippen LogP contribution in [0.25, 0.3) is 11.0 Å². The Morgan fingerprint density at radius 3 is 2.63 bits per heavy atom. The van der Waals surface area contributed by atoms with Crippen LogP contribution < -0.4 is 10.9 Å². The van der Waals surface area contributed by atoms with Crippen molar-refractivity contribution in [1.29, 1.82) is 0 Å². The van der Waals surface area contributed by atoms with Gasteiger partial charge in [0.25, 0.3) is 5.91 Å². The maximum absolute atomic E-state index is 11.9. The number of benzene rings is 2. The first kappa shape index (κ1) is 18.2. The highest BCUT2D eigenvalue weighted by Crippen LogP contribution is 2.22. The second-order valence-corrected chi connectivity index (χ2v) is 5.80. The summed E-state index contributed by atoms with van der Waals surface area (Å²) in [5.74, 6) is -0.813. The largest absolute Gasteiger partial charge is 0.508 e. The van der Waals surface area contributed by atoms with Crippen LogP contribution >= 0.6 is 0 Å². The summed E-state index contributed by atoms with van der Waals surface area (Å²) in [6, 6.07) is 14.3.